The highest BCUT2D eigenvalue weighted by Crippen LogP contribution is 2.30. The van der Waals surface area contributed by atoms with Gasteiger partial charge in [0.25, 0.3) is 5.69 Å². The van der Waals surface area contributed by atoms with Crippen molar-refractivity contribution in [2.75, 3.05) is 31.5 Å². The summed E-state index contributed by atoms with van der Waals surface area (Å²) in [5, 5.41) is 15.9. The van der Waals surface area contributed by atoms with Gasteiger partial charge in [-0.3, -0.25) is 15.1 Å². The Labute approximate surface area is 122 Å². The molecule has 1 aromatic carbocycles. The number of aromatic nitrogens is 1. The molecule has 1 N–H and O–H groups in total. The van der Waals surface area contributed by atoms with E-state index >= 15 is 0 Å². The van der Waals surface area contributed by atoms with Crippen molar-refractivity contribution in [3.8, 4) is 0 Å². The minimum Gasteiger partial charge on any atom is -0.383 e. The Bertz CT molecular complexity index is 653. The number of rotatable bonds is 5. The molecule has 21 heavy (non-hydrogen) atoms. The average molecular weight is 286 g/mol. The van der Waals surface area contributed by atoms with Crippen LogP contribution in [-0.2, 0) is 0 Å². The SMILES string of the molecule is O=[N+]([O-])c1ccc(NCCN2CCCC2)c2ccncc12. The lowest BCUT2D eigenvalue weighted by molar-refractivity contribution is -0.383. The molecule has 0 radical (unpaired) electrons. The van der Waals surface area contributed by atoms with Crippen molar-refractivity contribution < 1.29 is 4.92 Å². The van der Waals surface area contributed by atoms with Crippen LogP contribution in [0.15, 0.2) is 30.6 Å². The predicted molar refractivity (Wildman–Crippen MR) is 82.6 cm³/mol. The van der Waals surface area contributed by atoms with Crippen molar-refractivity contribution in [2.24, 2.45) is 0 Å². The third-order valence-corrected chi connectivity index (χ3v) is 3.93. The lowest BCUT2D eigenvalue weighted by Gasteiger charge is -2.16. The van der Waals surface area contributed by atoms with E-state index in [-0.39, 0.29) is 10.6 Å². The smallest absolute Gasteiger partial charge is 0.278 e. The van der Waals surface area contributed by atoms with E-state index in [0.717, 1.165) is 24.2 Å². The summed E-state index contributed by atoms with van der Waals surface area (Å²) < 4.78 is 0. The van der Waals surface area contributed by atoms with Crippen LogP contribution in [-0.4, -0.2) is 41.0 Å². The third-order valence-electron chi connectivity index (χ3n) is 3.93. The average Bonchev–Trinajstić information content (AvgIpc) is 3.00. The van der Waals surface area contributed by atoms with Crippen LogP contribution in [0.2, 0.25) is 0 Å². The fraction of sp³-hybridized carbons (Fsp3) is 0.400. The molecule has 0 aliphatic carbocycles. The number of nitro benzene ring substituents is 1. The quantitative estimate of drug-likeness (QED) is 0.676. The molecule has 2 heterocycles. The Morgan fingerprint density at radius 1 is 1.24 bits per heavy atom. The Morgan fingerprint density at radius 3 is 2.81 bits per heavy atom. The summed E-state index contributed by atoms with van der Waals surface area (Å²) in [6.45, 7) is 4.19. The lowest BCUT2D eigenvalue weighted by Crippen LogP contribution is -2.25. The van der Waals surface area contributed by atoms with Gasteiger partial charge in [0.15, 0.2) is 0 Å². The van der Waals surface area contributed by atoms with Gasteiger partial charge in [-0.05, 0) is 38.1 Å². The Morgan fingerprint density at radius 2 is 2.05 bits per heavy atom. The number of nitrogens with zero attached hydrogens (tertiary/aromatic N) is 3. The first-order valence-corrected chi connectivity index (χ1v) is 7.23. The molecular weight excluding hydrogens is 268 g/mol. The fourth-order valence-corrected chi connectivity index (χ4v) is 2.84. The molecule has 0 bridgehead atoms. The number of fused-ring (bicyclic) bond motifs is 1. The molecular formula is C15H18N4O2. The first kappa shape index (κ1) is 13.8. The minimum atomic E-state index is -0.363. The van der Waals surface area contributed by atoms with Crippen LogP contribution in [0.3, 0.4) is 0 Å². The van der Waals surface area contributed by atoms with Gasteiger partial charge in [-0.2, -0.15) is 0 Å². The van der Waals surface area contributed by atoms with Gasteiger partial charge in [0.2, 0.25) is 0 Å². The molecule has 1 saturated heterocycles. The molecule has 0 unspecified atom stereocenters. The lowest BCUT2D eigenvalue weighted by atomic mass is 10.1. The highest BCUT2D eigenvalue weighted by molar-refractivity contribution is 5.99. The fourth-order valence-electron chi connectivity index (χ4n) is 2.84. The number of nitro groups is 1. The normalized spacial score (nSPS) is 15.4. The second kappa shape index (κ2) is 6.05. The van der Waals surface area contributed by atoms with Crippen LogP contribution in [0.5, 0.6) is 0 Å². The van der Waals surface area contributed by atoms with Gasteiger partial charge in [0.05, 0.1) is 10.3 Å². The summed E-state index contributed by atoms with van der Waals surface area (Å²) in [7, 11) is 0. The largest absolute Gasteiger partial charge is 0.383 e. The topological polar surface area (TPSA) is 71.3 Å². The molecule has 1 aromatic heterocycles. The van der Waals surface area contributed by atoms with Gasteiger partial charge in [-0.25, -0.2) is 0 Å². The number of anilines is 1. The van der Waals surface area contributed by atoms with Crippen LogP contribution in [0, 0.1) is 10.1 Å². The number of hydrogen-bond acceptors (Lipinski definition) is 5. The molecule has 0 spiro atoms. The molecule has 2 aromatic rings. The molecule has 6 nitrogen and oxygen atoms in total. The van der Waals surface area contributed by atoms with E-state index in [9.17, 15) is 10.1 Å². The number of non-ortho nitro benzene ring substituents is 1. The zero-order chi connectivity index (χ0) is 14.7. The van der Waals surface area contributed by atoms with Crippen molar-refractivity contribution in [1.29, 1.82) is 0 Å². The first-order valence-electron chi connectivity index (χ1n) is 7.23. The second-order valence-electron chi connectivity index (χ2n) is 5.29. The van der Waals surface area contributed by atoms with Gasteiger partial charge in [0.1, 0.15) is 0 Å². The molecule has 1 aliphatic rings. The Kier molecular flexibility index (Phi) is 3.96. The standard InChI is InChI=1S/C15H18N4O2/c20-19(21)15-4-3-14(12-5-6-16-11-13(12)15)17-7-10-18-8-1-2-9-18/h3-6,11,17H,1-2,7-10H2. The summed E-state index contributed by atoms with van der Waals surface area (Å²) in [6, 6.07) is 5.15. The molecule has 110 valence electrons. The van der Waals surface area contributed by atoms with E-state index in [4.69, 9.17) is 0 Å². The maximum absolute atomic E-state index is 11.1. The molecule has 0 amide bonds. The maximum Gasteiger partial charge on any atom is 0.278 e. The molecule has 1 aliphatic heterocycles. The van der Waals surface area contributed by atoms with E-state index in [1.54, 1.807) is 24.5 Å². The molecule has 0 atom stereocenters. The van der Waals surface area contributed by atoms with Crippen molar-refractivity contribution in [3.63, 3.8) is 0 Å². The highest BCUT2D eigenvalue weighted by Gasteiger charge is 2.15. The van der Waals surface area contributed by atoms with E-state index in [2.05, 4.69) is 15.2 Å². The number of pyridine rings is 1. The van der Waals surface area contributed by atoms with Crippen LogP contribution < -0.4 is 5.32 Å². The van der Waals surface area contributed by atoms with Crippen LogP contribution >= 0.6 is 0 Å². The van der Waals surface area contributed by atoms with Crippen LogP contribution in [0.1, 0.15) is 12.8 Å². The zero-order valence-electron chi connectivity index (χ0n) is 11.8. The van der Waals surface area contributed by atoms with Gasteiger partial charge >= 0.3 is 0 Å². The van der Waals surface area contributed by atoms with E-state index < -0.39 is 0 Å². The van der Waals surface area contributed by atoms with Gasteiger partial charge < -0.3 is 10.2 Å². The van der Waals surface area contributed by atoms with Crippen molar-refractivity contribution >= 4 is 22.1 Å². The summed E-state index contributed by atoms with van der Waals surface area (Å²) in [4.78, 5) is 17.1. The predicted octanol–water partition coefficient (Wildman–Crippen LogP) is 2.65. The molecule has 1 fully saturated rings. The van der Waals surface area contributed by atoms with Crippen molar-refractivity contribution in [1.82, 2.24) is 9.88 Å². The highest BCUT2D eigenvalue weighted by atomic mass is 16.6. The number of hydrogen-bond donors (Lipinski definition) is 1. The maximum atomic E-state index is 11.1. The first-order chi connectivity index (χ1) is 10.3. The molecule has 0 saturated carbocycles. The van der Waals surface area contributed by atoms with E-state index in [0.29, 0.717) is 5.39 Å². The van der Waals surface area contributed by atoms with Crippen molar-refractivity contribution in [2.45, 2.75) is 12.8 Å². The Hall–Kier alpha value is -2.21. The van der Waals surface area contributed by atoms with Gasteiger partial charge in [0, 0.05) is 42.6 Å². The monoisotopic (exact) mass is 286 g/mol. The Balaban J connectivity index is 1.79. The summed E-state index contributed by atoms with van der Waals surface area (Å²) in [5.74, 6) is 0. The summed E-state index contributed by atoms with van der Waals surface area (Å²) in [5.41, 5.74) is 1.03. The van der Waals surface area contributed by atoms with Gasteiger partial charge in [-0.1, -0.05) is 0 Å². The summed E-state index contributed by atoms with van der Waals surface area (Å²) >= 11 is 0. The number of nitrogens with one attached hydrogen (secondary N) is 1. The zero-order valence-corrected chi connectivity index (χ0v) is 11.8. The third kappa shape index (κ3) is 2.95. The summed E-state index contributed by atoms with van der Waals surface area (Å²) in [6.07, 6.45) is 5.79. The van der Waals surface area contributed by atoms with Gasteiger partial charge in [-0.15, -0.1) is 0 Å². The second-order valence-corrected chi connectivity index (χ2v) is 5.29. The van der Waals surface area contributed by atoms with Crippen LogP contribution in [0.25, 0.3) is 10.8 Å². The minimum absolute atomic E-state index is 0.100. The van der Waals surface area contributed by atoms with E-state index in [1.165, 1.54) is 25.9 Å². The van der Waals surface area contributed by atoms with E-state index in [1.807, 2.05) is 6.07 Å². The molecule has 6 heteroatoms. The van der Waals surface area contributed by atoms with Crippen LogP contribution in [0.4, 0.5) is 11.4 Å². The van der Waals surface area contributed by atoms with Crippen molar-refractivity contribution in [3.05, 3.63) is 40.7 Å². The molecule has 3 rings (SSSR count). The number of likely N-dealkylation sites (tertiary alicyclic amines) is 1. The number of benzene rings is 1.